The maximum absolute atomic E-state index is 13.5. The van der Waals surface area contributed by atoms with Gasteiger partial charge in [0, 0.05) is 12.1 Å². The molecule has 8 heteroatoms. The minimum absolute atomic E-state index is 0.186. The van der Waals surface area contributed by atoms with Crippen LogP contribution in [0.3, 0.4) is 0 Å². The molecule has 0 aliphatic carbocycles. The normalized spacial score (nSPS) is 12.8. The number of aliphatic hydroxyl groups excluding tert-OH is 1. The van der Waals surface area contributed by atoms with Crippen LogP contribution in [-0.2, 0) is 37.5 Å². The number of esters is 2. The summed E-state index contributed by atoms with van der Waals surface area (Å²) < 4.78 is 21.4. The first-order valence-corrected chi connectivity index (χ1v) is 12.5. The number of carbonyl (C=O) groups excluding carboxylic acids is 2. The van der Waals surface area contributed by atoms with Crippen LogP contribution in [0, 0.1) is 6.92 Å². The van der Waals surface area contributed by atoms with E-state index in [1.54, 1.807) is 39.2 Å². The molecule has 0 aliphatic heterocycles. The Morgan fingerprint density at radius 3 is 2.27 bits per heavy atom. The molecule has 37 heavy (non-hydrogen) atoms. The maximum atomic E-state index is 13.5. The Morgan fingerprint density at radius 1 is 0.973 bits per heavy atom. The van der Waals surface area contributed by atoms with E-state index in [9.17, 15) is 14.7 Å². The predicted molar refractivity (Wildman–Crippen MR) is 142 cm³/mol. The molecule has 0 saturated carbocycles. The molecule has 0 heterocycles. The van der Waals surface area contributed by atoms with Crippen LogP contribution in [0.15, 0.2) is 36.4 Å². The third kappa shape index (κ3) is 7.46. The highest BCUT2D eigenvalue weighted by molar-refractivity contribution is 6.06. The number of nitrogens with zero attached hydrogens (tertiary/aromatic N) is 1. The molecule has 0 aromatic heterocycles. The zero-order valence-corrected chi connectivity index (χ0v) is 23.1. The van der Waals surface area contributed by atoms with Gasteiger partial charge in [-0.15, -0.1) is 0 Å². The molecular weight excluding hydrogens is 474 g/mol. The Balaban J connectivity index is 2.25. The molecule has 0 spiro atoms. The Kier molecular flexibility index (Phi) is 11.4. The molecule has 0 bridgehead atoms. The van der Waals surface area contributed by atoms with Crippen molar-refractivity contribution in [3.05, 3.63) is 58.7 Å². The van der Waals surface area contributed by atoms with Crippen molar-refractivity contribution in [1.29, 1.82) is 0 Å². The summed E-state index contributed by atoms with van der Waals surface area (Å²) in [7, 11) is 6.44. The Bertz CT molecular complexity index is 1050. The van der Waals surface area contributed by atoms with Crippen LogP contribution < -0.4 is 9.47 Å². The summed E-state index contributed by atoms with van der Waals surface area (Å²) in [6.45, 7) is 6.63. The van der Waals surface area contributed by atoms with E-state index in [0.29, 0.717) is 29.8 Å². The van der Waals surface area contributed by atoms with Crippen molar-refractivity contribution in [3.8, 4) is 11.5 Å². The first-order chi connectivity index (χ1) is 17.6. The summed E-state index contributed by atoms with van der Waals surface area (Å²) in [5, 5.41) is 9.84. The monoisotopic (exact) mass is 515 g/mol. The molecule has 0 aliphatic rings. The average molecular weight is 516 g/mol. The Labute approximate surface area is 220 Å². The van der Waals surface area contributed by atoms with Crippen LogP contribution in [0.1, 0.15) is 48.9 Å². The summed E-state index contributed by atoms with van der Waals surface area (Å²) in [5.74, 6) is -0.0254. The van der Waals surface area contributed by atoms with Crippen LogP contribution in [0.25, 0.3) is 0 Å². The second-order valence-electron chi connectivity index (χ2n) is 9.50. The van der Waals surface area contributed by atoms with Crippen molar-refractivity contribution in [2.24, 2.45) is 0 Å². The molecule has 1 unspecified atom stereocenters. The fraction of sp³-hybridized carbons (Fsp3) is 0.517. The van der Waals surface area contributed by atoms with Gasteiger partial charge in [-0.3, -0.25) is 9.59 Å². The van der Waals surface area contributed by atoms with Gasteiger partial charge in [0.15, 0.2) is 5.41 Å². The van der Waals surface area contributed by atoms with Gasteiger partial charge < -0.3 is 29.0 Å². The van der Waals surface area contributed by atoms with E-state index in [1.807, 2.05) is 14.0 Å². The van der Waals surface area contributed by atoms with Crippen LogP contribution in [0.5, 0.6) is 11.5 Å². The lowest BCUT2D eigenvalue weighted by Gasteiger charge is -2.31. The number of hydrogen-bond donors (Lipinski definition) is 1. The van der Waals surface area contributed by atoms with Crippen molar-refractivity contribution in [1.82, 2.24) is 4.90 Å². The molecular formula is C29H41NO7. The molecule has 0 radical (unpaired) electrons. The highest BCUT2D eigenvalue weighted by atomic mass is 16.6. The van der Waals surface area contributed by atoms with Gasteiger partial charge in [0.1, 0.15) is 11.5 Å². The quantitative estimate of drug-likeness (QED) is 0.300. The van der Waals surface area contributed by atoms with Crippen molar-refractivity contribution in [3.63, 3.8) is 0 Å². The van der Waals surface area contributed by atoms with Crippen molar-refractivity contribution < 1.29 is 33.6 Å². The van der Waals surface area contributed by atoms with Crippen LogP contribution in [0.2, 0.25) is 0 Å². The molecule has 1 atom stereocenters. The van der Waals surface area contributed by atoms with E-state index in [-0.39, 0.29) is 13.0 Å². The molecule has 204 valence electrons. The number of benzene rings is 2. The number of carbonyl (C=O) groups is 2. The maximum Gasteiger partial charge on any atom is 0.328 e. The Morgan fingerprint density at radius 2 is 1.68 bits per heavy atom. The topological polar surface area (TPSA) is 94.5 Å². The first kappa shape index (κ1) is 30.1. The minimum Gasteiger partial charge on any atom is -0.496 e. The number of aryl methyl sites for hydroxylation is 1. The van der Waals surface area contributed by atoms with Crippen LogP contribution >= 0.6 is 0 Å². The third-order valence-electron chi connectivity index (χ3n) is 6.51. The molecule has 2 aromatic carbocycles. The van der Waals surface area contributed by atoms with Gasteiger partial charge in [-0.05, 0) is 88.5 Å². The van der Waals surface area contributed by atoms with Gasteiger partial charge in [0.2, 0.25) is 0 Å². The van der Waals surface area contributed by atoms with Crippen LogP contribution in [0.4, 0.5) is 0 Å². The SMILES string of the molecule is COC(=O)C(CCCN(C)CCc1ccc(C)c(OC)c1)(C(=O)OC(C)C)c1ccc(OC)c(CO)c1. The van der Waals surface area contributed by atoms with E-state index in [0.717, 1.165) is 24.3 Å². The molecule has 1 N–H and O–H groups in total. The molecule has 2 rings (SSSR count). The predicted octanol–water partition coefficient (Wildman–Crippen LogP) is 3.82. The Hall–Kier alpha value is -3.10. The summed E-state index contributed by atoms with van der Waals surface area (Å²) in [6, 6.07) is 11.1. The summed E-state index contributed by atoms with van der Waals surface area (Å²) in [6.07, 6.45) is 1.14. The average Bonchev–Trinajstić information content (AvgIpc) is 2.89. The highest BCUT2D eigenvalue weighted by Crippen LogP contribution is 2.36. The lowest BCUT2D eigenvalue weighted by atomic mass is 9.75. The van der Waals surface area contributed by atoms with E-state index in [1.165, 1.54) is 19.8 Å². The lowest BCUT2D eigenvalue weighted by Crippen LogP contribution is -2.47. The van der Waals surface area contributed by atoms with E-state index < -0.39 is 23.5 Å². The van der Waals surface area contributed by atoms with Gasteiger partial charge in [0.25, 0.3) is 0 Å². The number of methoxy groups -OCH3 is 3. The second-order valence-corrected chi connectivity index (χ2v) is 9.50. The lowest BCUT2D eigenvalue weighted by molar-refractivity contribution is -0.166. The second kappa shape index (κ2) is 14.0. The van der Waals surface area contributed by atoms with Gasteiger partial charge in [-0.25, -0.2) is 0 Å². The number of rotatable bonds is 14. The minimum atomic E-state index is -1.67. The van der Waals surface area contributed by atoms with Crippen LogP contribution in [-0.4, -0.2) is 69.5 Å². The first-order valence-electron chi connectivity index (χ1n) is 12.5. The van der Waals surface area contributed by atoms with E-state index >= 15 is 0 Å². The number of aliphatic hydroxyl groups is 1. The van der Waals surface area contributed by atoms with Gasteiger partial charge in [0.05, 0.1) is 34.0 Å². The van der Waals surface area contributed by atoms with Gasteiger partial charge in [-0.2, -0.15) is 0 Å². The zero-order valence-electron chi connectivity index (χ0n) is 23.1. The molecule has 0 fully saturated rings. The highest BCUT2D eigenvalue weighted by Gasteiger charge is 2.50. The summed E-state index contributed by atoms with van der Waals surface area (Å²) >= 11 is 0. The molecule has 0 amide bonds. The number of likely N-dealkylation sites (N-methyl/N-ethyl adjacent to an activating group) is 1. The van der Waals surface area contributed by atoms with Gasteiger partial charge >= 0.3 is 11.9 Å². The number of hydrogen-bond acceptors (Lipinski definition) is 8. The largest absolute Gasteiger partial charge is 0.496 e. The standard InChI is InChI=1S/C29H41NO7/c1-20(2)37-28(33)29(27(32)36-7,24-11-12-25(34-5)23(18-24)19-31)14-8-15-30(4)16-13-22-10-9-21(3)26(17-22)35-6/h9-12,17-18,20,31H,8,13-16,19H2,1-7H3. The van der Waals surface area contributed by atoms with E-state index in [2.05, 4.69) is 23.1 Å². The zero-order chi connectivity index (χ0) is 27.6. The third-order valence-corrected chi connectivity index (χ3v) is 6.51. The fourth-order valence-corrected chi connectivity index (χ4v) is 4.39. The van der Waals surface area contributed by atoms with Crippen molar-refractivity contribution >= 4 is 11.9 Å². The van der Waals surface area contributed by atoms with Crippen molar-refractivity contribution in [2.45, 2.75) is 58.2 Å². The van der Waals surface area contributed by atoms with E-state index in [4.69, 9.17) is 18.9 Å². The smallest absolute Gasteiger partial charge is 0.328 e. The number of ether oxygens (including phenoxy) is 4. The summed E-state index contributed by atoms with van der Waals surface area (Å²) in [4.78, 5) is 28.9. The van der Waals surface area contributed by atoms with Gasteiger partial charge in [-0.1, -0.05) is 18.2 Å². The fourth-order valence-electron chi connectivity index (χ4n) is 4.39. The molecule has 2 aromatic rings. The molecule has 8 nitrogen and oxygen atoms in total. The van der Waals surface area contributed by atoms with Crippen molar-refractivity contribution in [2.75, 3.05) is 41.5 Å². The summed E-state index contributed by atoms with van der Waals surface area (Å²) in [5.41, 5.74) is 1.48. The molecule has 0 saturated heterocycles.